The Morgan fingerprint density at radius 3 is 0.912 bits per heavy atom. The van der Waals surface area contributed by atoms with Gasteiger partial charge in [-0.3, -0.25) is 0 Å². The van der Waals surface area contributed by atoms with Crippen molar-refractivity contribution in [2.75, 3.05) is 0 Å². The van der Waals surface area contributed by atoms with Gasteiger partial charge in [0.2, 0.25) is 0 Å². The summed E-state index contributed by atoms with van der Waals surface area (Å²) in [5, 5.41) is 0.632. The highest BCUT2D eigenvalue weighted by Crippen LogP contribution is 2.09. The van der Waals surface area contributed by atoms with Crippen LogP contribution in [-0.2, 0) is 0 Å². The first kappa shape index (κ1) is 23.6. The summed E-state index contributed by atoms with van der Waals surface area (Å²) >= 11 is 0. The Kier molecular flexibility index (Phi) is 7.67. The summed E-state index contributed by atoms with van der Waals surface area (Å²) in [6, 6.07) is 47.0. The lowest BCUT2D eigenvalue weighted by molar-refractivity contribution is 0.585. The molecule has 0 aliphatic carbocycles. The van der Waals surface area contributed by atoms with Crippen LogP contribution < -0.4 is 27.2 Å². The lowest BCUT2D eigenvalue weighted by Crippen LogP contribution is -2.74. The Morgan fingerprint density at radius 1 is 0.412 bits per heavy atom. The molecule has 0 saturated heterocycles. The second kappa shape index (κ2) is 11.1. The minimum absolute atomic E-state index is 0.514. The molecule has 0 radical (unpaired) electrons. The zero-order chi connectivity index (χ0) is 23.8. The Morgan fingerprint density at radius 2 is 0.676 bits per heavy atom. The highest BCUT2D eigenvalue weighted by Gasteiger charge is 2.30. The van der Waals surface area contributed by atoms with E-state index in [-0.39, 0.29) is 0 Å². The highest BCUT2D eigenvalue weighted by molar-refractivity contribution is 7.27. The summed E-state index contributed by atoms with van der Waals surface area (Å²) < 4.78 is 24.4. The second-order valence-electron chi connectivity index (χ2n) is 8.29. The summed E-state index contributed by atoms with van der Waals surface area (Å²) in [6.45, 7) is 0. The molecule has 0 N–H and O–H groups in total. The highest BCUT2D eigenvalue weighted by atomic mass is 31.0. The van der Waals surface area contributed by atoms with E-state index >= 15 is 0 Å². The molecule has 0 fully saturated rings. The number of hydrogen-bond acceptors (Lipinski definition) is 0. The second-order valence-corrected chi connectivity index (χ2v) is 9.10. The molecule has 5 aromatic carbocycles. The van der Waals surface area contributed by atoms with Crippen molar-refractivity contribution in [3.8, 4) is 0 Å². The molecule has 1 atom stereocenters. The van der Waals surface area contributed by atoms with Crippen LogP contribution in [0, 0.1) is 11.6 Å². The van der Waals surface area contributed by atoms with Crippen LogP contribution in [0.4, 0.5) is 8.78 Å². The summed E-state index contributed by atoms with van der Waals surface area (Å²) in [4.78, 5) is 0. The normalized spacial score (nSPS) is 10.9. The molecule has 0 heterocycles. The summed E-state index contributed by atoms with van der Waals surface area (Å²) in [5.41, 5.74) is 5.36. The first-order valence-electron chi connectivity index (χ1n) is 11.3. The van der Waals surface area contributed by atoms with Crippen molar-refractivity contribution in [3.63, 3.8) is 0 Å². The summed E-state index contributed by atoms with van der Waals surface area (Å²) in [6.07, 6.45) is -1.22. The van der Waals surface area contributed by atoms with Crippen LogP contribution in [0.15, 0.2) is 140 Å². The third-order valence-corrected chi connectivity index (χ3v) is 6.53. The van der Waals surface area contributed by atoms with Crippen LogP contribution >= 0.6 is 9.24 Å². The molecule has 0 spiro atoms. The van der Waals surface area contributed by atoms with Gasteiger partial charge in [-0.2, -0.15) is 21.9 Å². The molecule has 5 rings (SSSR count). The maximum absolute atomic E-state index is 12.2. The van der Waals surface area contributed by atoms with Gasteiger partial charge in [0.05, 0.1) is 5.30 Å². The molecule has 168 valence electrons. The minimum Gasteiger partial charge on any atom is -0.207 e. The Bertz CT molecular complexity index is 1100. The summed E-state index contributed by atoms with van der Waals surface area (Å²) in [7, 11) is 1.45. The zero-order valence-corrected chi connectivity index (χ0v) is 20.2. The van der Waals surface area contributed by atoms with Gasteiger partial charge < -0.3 is 0 Å². The molecule has 0 aromatic heterocycles. The van der Waals surface area contributed by atoms with E-state index in [0.29, 0.717) is 5.30 Å². The lowest BCUT2D eigenvalue weighted by atomic mass is 9.13. The fourth-order valence-corrected chi connectivity index (χ4v) is 5.12. The molecule has 0 saturated carbocycles. The van der Waals surface area contributed by atoms with Gasteiger partial charge in [0.15, 0.2) is 0 Å². The van der Waals surface area contributed by atoms with E-state index in [0.717, 1.165) is 6.07 Å². The van der Waals surface area contributed by atoms with Crippen LogP contribution in [0.3, 0.4) is 0 Å². The predicted octanol–water partition coefficient (Wildman–Crippen LogP) is 4.26. The first-order chi connectivity index (χ1) is 16.6. The van der Waals surface area contributed by atoms with Gasteiger partial charge in [-0.25, -0.2) is 8.78 Å². The van der Waals surface area contributed by atoms with E-state index in [1.165, 1.54) is 43.2 Å². The zero-order valence-electron chi connectivity index (χ0n) is 18.8. The van der Waals surface area contributed by atoms with Crippen LogP contribution in [-0.4, -0.2) is 6.15 Å². The standard InChI is InChI=1S/C24H20B.C6H5F2P/c1-5-13-21(14-6-1)25(22-15-7-2-8-16-22,23-17-9-3-10-18-23)24-19-11-4-12-20-24;7-4-1-5(8)3-6(9)2-4/h1-20H;1-3H,9H2/q-1;/p+1. The van der Waals surface area contributed by atoms with Gasteiger partial charge in [0.25, 0.3) is 0 Å². The number of rotatable bonds is 4. The van der Waals surface area contributed by atoms with Gasteiger partial charge >= 0.3 is 0 Å². The maximum atomic E-state index is 12.2. The summed E-state index contributed by atoms with van der Waals surface area (Å²) in [5.74, 6) is -1.03. The smallest absolute Gasteiger partial charge is 0.130 e. The Labute approximate surface area is 202 Å². The Hall–Kier alpha value is -3.55. The topological polar surface area (TPSA) is 0 Å². The average molecular weight is 466 g/mol. The van der Waals surface area contributed by atoms with Crippen LogP contribution in [0.25, 0.3) is 0 Å². The SMILES string of the molecule is Fc1cc(F)cc([PH3+])c1.c1ccc([B-](c2ccccc2)(c2ccccc2)c2ccccc2)cc1. The van der Waals surface area contributed by atoms with E-state index in [9.17, 15) is 8.78 Å². The van der Waals surface area contributed by atoms with Gasteiger partial charge in [0, 0.05) is 27.4 Å². The van der Waals surface area contributed by atoms with Crippen LogP contribution in [0.5, 0.6) is 0 Å². The monoisotopic (exact) mass is 466 g/mol. The molecule has 1 unspecified atom stereocenters. The fraction of sp³-hybridized carbons (Fsp3) is 0. The van der Waals surface area contributed by atoms with Gasteiger partial charge in [-0.05, 0) is 0 Å². The molecule has 4 heteroatoms. The van der Waals surface area contributed by atoms with E-state index in [1.807, 2.05) is 0 Å². The van der Waals surface area contributed by atoms with Crippen molar-refractivity contribution < 1.29 is 8.78 Å². The average Bonchev–Trinajstić information content (AvgIpc) is 2.87. The number of hydrogen-bond donors (Lipinski definition) is 0. The first-order valence-corrected chi connectivity index (χ1v) is 12.0. The molecular formula is C30H26BF2P. The predicted molar refractivity (Wildman–Crippen MR) is 147 cm³/mol. The van der Waals surface area contributed by atoms with Crippen molar-refractivity contribution in [1.29, 1.82) is 0 Å². The number of benzene rings is 5. The maximum Gasteiger partial charge on any atom is 0.130 e. The van der Waals surface area contributed by atoms with Crippen molar-refractivity contribution >= 4 is 42.5 Å². The van der Waals surface area contributed by atoms with Crippen molar-refractivity contribution in [2.45, 2.75) is 0 Å². The molecule has 0 amide bonds. The quantitative estimate of drug-likeness (QED) is 0.274. The van der Waals surface area contributed by atoms with E-state index in [1.54, 1.807) is 0 Å². The Balaban J connectivity index is 0.000000257. The molecule has 0 nitrogen and oxygen atoms in total. The third kappa shape index (κ3) is 5.16. The van der Waals surface area contributed by atoms with Crippen LogP contribution in [0.1, 0.15) is 0 Å². The van der Waals surface area contributed by atoms with Gasteiger partial charge in [-0.15, -0.1) is 0 Å². The van der Waals surface area contributed by atoms with Crippen molar-refractivity contribution in [1.82, 2.24) is 0 Å². The third-order valence-electron chi connectivity index (χ3n) is 6.12. The largest absolute Gasteiger partial charge is 0.207 e. The molecule has 0 bridgehead atoms. The molecule has 5 aromatic rings. The number of halogens is 2. The minimum atomic E-state index is -1.22. The van der Waals surface area contributed by atoms with Gasteiger partial charge in [0.1, 0.15) is 17.8 Å². The van der Waals surface area contributed by atoms with E-state index < -0.39 is 17.8 Å². The van der Waals surface area contributed by atoms with E-state index in [4.69, 9.17) is 0 Å². The van der Waals surface area contributed by atoms with E-state index in [2.05, 4.69) is 121 Å². The van der Waals surface area contributed by atoms with Gasteiger partial charge in [-0.1, -0.05) is 121 Å². The van der Waals surface area contributed by atoms with Crippen LogP contribution in [0.2, 0.25) is 0 Å². The molecule has 34 heavy (non-hydrogen) atoms. The van der Waals surface area contributed by atoms with Crippen molar-refractivity contribution in [3.05, 3.63) is 151 Å². The lowest BCUT2D eigenvalue weighted by Gasteiger charge is -2.44. The molecule has 0 aliphatic rings. The fourth-order valence-electron chi connectivity index (χ4n) is 4.73. The van der Waals surface area contributed by atoms with Crippen molar-refractivity contribution in [2.24, 2.45) is 0 Å². The molecular weight excluding hydrogens is 440 g/mol. The molecule has 0 aliphatic heterocycles.